The summed E-state index contributed by atoms with van der Waals surface area (Å²) in [6.07, 6.45) is 0.423. The number of carbonyl (C=O) groups excluding carboxylic acids is 3. The molecule has 0 spiro atoms. The molecule has 0 saturated carbocycles. The third kappa shape index (κ3) is 4.18. The van der Waals surface area contributed by atoms with Crippen LogP contribution >= 0.6 is 0 Å². The van der Waals surface area contributed by atoms with Crippen molar-refractivity contribution in [3.63, 3.8) is 0 Å². The molecule has 0 aliphatic rings. The van der Waals surface area contributed by atoms with Crippen molar-refractivity contribution in [1.29, 1.82) is 0 Å². The van der Waals surface area contributed by atoms with Crippen LogP contribution in [0.2, 0.25) is 0 Å². The number of methoxy groups -OCH3 is 2. The molecule has 12 heteroatoms. The van der Waals surface area contributed by atoms with Gasteiger partial charge in [-0.1, -0.05) is 0 Å². The molecule has 4 rings (SSSR count). The fraction of sp³-hybridized carbons (Fsp3) is 0.174. The van der Waals surface area contributed by atoms with E-state index in [9.17, 15) is 37.1 Å². The summed E-state index contributed by atoms with van der Waals surface area (Å²) in [7, 11) is 5.24. The second kappa shape index (κ2) is 9.49. The zero-order valence-electron chi connectivity index (χ0n) is 18.8. The minimum absolute atomic E-state index is 0.0155. The van der Waals surface area contributed by atoms with Gasteiger partial charge in [-0.2, -0.15) is 0 Å². The van der Waals surface area contributed by atoms with E-state index < -0.39 is 41.0 Å². The van der Waals surface area contributed by atoms with Crippen LogP contribution in [0.4, 0.5) is 17.6 Å². The lowest BCUT2D eigenvalue weighted by Crippen LogP contribution is -2.09. The fourth-order valence-electron chi connectivity index (χ4n) is 3.66. The molecule has 4 aromatic rings. The monoisotopic (exact) mass is 494 g/mol. The predicted molar refractivity (Wildman–Crippen MR) is 115 cm³/mol. The van der Waals surface area contributed by atoms with Gasteiger partial charge in [0, 0.05) is 37.0 Å². The number of fused-ring (bicyclic) bond motifs is 2. The second-order valence-corrected chi connectivity index (χ2v) is 7.25. The van der Waals surface area contributed by atoms with Crippen LogP contribution in [0.1, 0.15) is 31.3 Å². The molecule has 0 amide bonds. The largest absolute Gasteiger partial charge is 0.505 e. The number of carbonyl (C=O) groups is 3. The van der Waals surface area contributed by atoms with Crippen molar-refractivity contribution >= 4 is 40.0 Å². The maximum Gasteiger partial charge on any atom is 0.358 e. The molecule has 2 aromatic heterocycles. The molecule has 0 saturated heterocycles. The second-order valence-electron chi connectivity index (χ2n) is 7.25. The molecular formula is C23H18F4N2O6. The van der Waals surface area contributed by atoms with Crippen molar-refractivity contribution in [3.8, 4) is 5.75 Å². The van der Waals surface area contributed by atoms with Gasteiger partial charge in [-0.05, 0) is 12.1 Å². The first-order valence-corrected chi connectivity index (χ1v) is 9.74. The summed E-state index contributed by atoms with van der Waals surface area (Å²) in [4.78, 5) is 34.0. The van der Waals surface area contributed by atoms with E-state index in [1.54, 1.807) is 0 Å². The Labute approximate surface area is 194 Å². The number of hydrogen-bond donors (Lipinski definition) is 1. The average molecular weight is 494 g/mol. The van der Waals surface area contributed by atoms with Crippen LogP contribution in [0.3, 0.4) is 0 Å². The summed E-state index contributed by atoms with van der Waals surface area (Å²) in [5, 5.41) is 10.0. The van der Waals surface area contributed by atoms with Crippen LogP contribution in [0.5, 0.6) is 5.75 Å². The number of benzene rings is 2. The third-order valence-electron chi connectivity index (χ3n) is 5.37. The highest BCUT2D eigenvalue weighted by atomic mass is 19.2. The molecular weight excluding hydrogens is 476 g/mol. The van der Waals surface area contributed by atoms with Crippen molar-refractivity contribution in [2.45, 2.75) is 0 Å². The summed E-state index contributed by atoms with van der Waals surface area (Å²) in [5.74, 6) is -6.19. The number of rotatable bonds is 3. The van der Waals surface area contributed by atoms with Crippen LogP contribution < -0.4 is 0 Å². The highest BCUT2D eigenvalue weighted by Gasteiger charge is 2.24. The first-order valence-electron chi connectivity index (χ1n) is 9.74. The van der Waals surface area contributed by atoms with Gasteiger partial charge in [0.1, 0.15) is 5.69 Å². The van der Waals surface area contributed by atoms with Crippen LogP contribution in [0, 0.1) is 23.3 Å². The van der Waals surface area contributed by atoms with Crippen molar-refractivity contribution in [2.24, 2.45) is 14.1 Å². The van der Waals surface area contributed by atoms with Crippen molar-refractivity contribution in [3.05, 3.63) is 64.5 Å². The Morgan fingerprint density at radius 2 is 1.17 bits per heavy atom. The summed E-state index contributed by atoms with van der Waals surface area (Å²) >= 11 is 0. The number of nitrogens with zero attached hydrogens (tertiary/aromatic N) is 2. The zero-order valence-corrected chi connectivity index (χ0v) is 18.8. The number of halogens is 4. The van der Waals surface area contributed by atoms with Gasteiger partial charge in [-0.15, -0.1) is 0 Å². The maximum absolute atomic E-state index is 13.2. The summed E-state index contributed by atoms with van der Waals surface area (Å²) in [5.41, 5.74) is 0.261. The molecule has 0 fully saturated rings. The van der Waals surface area contributed by atoms with Crippen molar-refractivity contribution in [2.75, 3.05) is 14.2 Å². The Morgan fingerprint density at radius 3 is 1.66 bits per heavy atom. The maximum atomic E-state index is 13.2. The Morgan fingerprint density at radius 1 is 0.771 bits per heavy atom. The number of ether oxygens (including phenoxy) is 2. The number of hydrogen-bond acceptors (Lipinski definition) is 6. The molecule has 0 atom stereocenters. The number of aromatic nitrogens is 2. The Balaban J connectivity index is 0.000000196. The third-order valence-corrected chi connectivity index (χ3v) is 5.37. The first kappa shape index (κ1) is 25.3. The van der Waals surface area contributed by atoms with E-state index in [4.69, 9.17) is 0 Å². The van der Waals surface area contributed by atoms with E-state index in [2.05, 4.69) is 9.47 Å². The molecule has 0 bridgehead atoms. The fourth-order valence-corrected chi connectivity index (χ4v) is 3.66. The van der Waals surface area contributed by atoms with Gasteiger partial charge in [-0.3, -0.25) is 4.79 Å². The lowest BCUT2D eigenvalue weighted by atomic mass is 10.1. The molecule has 0 radical (unpaired) electrons. The van der Waals surface area contributed by atoms with E-state index in [1.165, 1.54) is 23.2 Å². The molecule has 2 heterocycles. The van der Waals surface area contributed by atoms with E-state index in [-0.39, 0.29) is 38.8 Å². The van der Waals surface area contributed by atoms with Crippen molar-refractivity contribution < 1.29 is 46.5 Å². The lowest BCUT2D eigenvalue weighted by Gasteiger charge is -2.02. The van der Waals surface area contributed by atoms with E-state index in [0.29, 0.717) is 6.29 Å². The summed E-state index contributed by atoms with van der Waals surface area (Å²) in [6, 6.07) is 3.58. The Kier molecular flexibility index (Phi) is 6.85. The highest BCUT2D eigenvalue weighted by molar-refractivity contribution is 6.08. The topological polar surface area (TPSA) is 99.8 Å². The van der Waals surface area contributed by atoms with E-state index in [1.807, 2.05) is 0 Å². The molecule has 1 N–H and O–H groups in total. The van der Waals surface area contributed by atoms with Gasteiger partial charge in [0.2, 0.25) is 0 Å². The molecule has 0 aliphatic heterocycles. The van der Waals surface area contributed by atoms with E-state index in [0.717, 1.165) is 38.5 Å². The van der Waals surface area contributed by atoms with Gasteiger partial charge >= 0.3 is 11.9 Å². The standard InChI is InChI=1S/C12H9F2NO3.C11H9F2NO3/c1-15-10-4-9(14)8(13)3-6(10)7(5-16)11(15)12(17)18-2;1-14-8-4-7(13)6(12)3-5(8)10(15)9(14)11(16)17-2/h3-5H,1-2H3;3-4,15H,1-2H3. The number of aldehydes is 1. The normalized spacial score (nSPS) is 10.7. The van der Waals surface area contributed by atoms with Crippen LogP contribution in [0.25, 0.3) is 21.8 Å². The van der Waals surface area contributed by atoms with Gasteiger partial charge in [0.05, 0.1) is 30.8 Å². The van der Waals surface area contributed by atoms with Crippen molar-refractivity contribution in [1.82, 2.24) is 9.13 Å². The SMILES string of the molecule is COC(=O)c1c(C=O)c2cc(F)c(F)cc2n1C.COC(=O)c1c(O)c2cc(F)c(F)cc2n1C. The molecule has 8 nitrogen and oxygen atoms in total. The summed E-state index contributed by atoms with van der Waals surface area (Å²) < 4.78 is 64.0. The molecule has 0 unspecified atom stereocenters. The Hall–Kier alpha value is -4.35. The minimum atomic E-state index is -1.09. The molecule has 0 aliphatic carbocycles. The van der Waals surface area contributed by atoms with Gasteiger partial charge < -0.3 is 23.7 Å². The smallest absolute Gasteiger partial charge is 0.358 e. The molecule has 184 valence electrons. The van der Waals surface area contributed by atoms with Crippen LogP contribution in [-0.4, -0.2) is 46.7 Å². The van der Waals surface area contributed by atoms with Crippen LogP contribution in [-0.2, 0) is 23.6 Å². The van der Waals surface area contributed by atoms with E-state index >= 15 is 0 Å². The predicted octanol–water partition coefficient (Wildman–Crippen LogP) is 4.00. The minimum Gasteiger partial charge on any atom is -0.505 e. The quantitative estimate of drug-likeness (QED) is 0.263. The highest BCUT2D eigenvalue weighted by Crippen LogP contribution is 2.33. The van der Waals surface area contributed by atoms with Gasteiger partial charge in [0.25, 0.3) is 0 Å². The molecule has 2 aromatic carbocycles. The number of esters is 2. The lowest BCUT2D eigenvalue weighted by molar-refractivity contribution is 0.0579. The number of aromatic hydroxyl groups is 1. The number of aryl methyl sites for hydroxylation is 2. The van der Waals surface area contributed by atoms with Gasteiger partial charge in [0.15, 0.2) is 41.0 Å². The Bertz CT molecular complexity index is 1460. The zero-order chi connectivity index (χ0) is 26.2. The van der Waals surface area contributed by atoms with Crippen LogP contribution in [0.15, 0.2) is 24.3 Å². The summed E-state index contributed by atoms with van der Waals surface area (Å²) in [6.45, 7) is 0. The van der Waals surface area contributed by atoms with Gasteiger partial charge in [-0.25, -0.2) is 27.2 Å². The first-order chi connectivity index (χ1) is 16.5. The molecule has 35 heavy (non-hydrogen) atoms. The average Bonchev–Trinajstić information content (AvgIpc) is 3.23.